The first-order chi connectivity index (χ1) is 4.83. The van der Waals surface area contributed by atoms with E-state index in [9.17, 15) is 4.79 Å². The summed E-state index contributed by atoms with van der Waals surface area (Å²) in [5.74, 6) is 0.574. The quantitative estimate of drug-likeness (QED) is 0.536. The molecule has 0 bridgehead atoms. The van der Waals surface area contributed by atoms with Crippen molar-refractivity contribution in [3.05, 3.63) is 0 Å². The molecule has 1 rings (SSSR count). The third-order valence-corrected chi connectivity index (χ3v) is 2.11. The zero-order valence-electron chi connectivity index (χ0n) is 6.18. The number of nitrogens with zero attached hydrogens (tertiary/aromatic N) is 1. The van der Waals surface area contributed by atoms with Gasteiger partial charge in [-0.1, -0.05) is 12.8 Å². The Kier molecular flexibility index (Phi) is 2.60. The van der Waals surface area contributed by atoms with Crippen molar-refractivity contribution < 1.29 is 4.79 Å². The molecule has 0 aliphatic heterocycles. The molecular weight excluding hydrogens is 126 g/mol. The fraction of sp³-hybridized carbons (Fsp3) is 0.750. The molecule has 0 aromatic heterocycles. The van der Waals surface area contributed by atoms with Crippen LogP contribution >= 0.6 is 0 Å². The Morgan fingerprint density at radius 2 is 2.10 bits per heavy atom. The van der Waals surface area contributed by atoms with Gasteiger partial charge in [0.25, 0.3) is 0 Å². The van der Waals surface area contributed by atoms with E-state index in [1.807, 2.05) is 0 Å². The molecule has 0 N–H and O–H groups in total. The van der Waals surface area contributed by atoms with E-state index in [-0.39, 0.29) is 5.91 Å². The van der Waals surface area contributed by atoms with Crippen LogP contribution in [0.2, 0.25) is 0 Å². The molecule has 0 spiro atoms. The van der Waals surface area contributed by atoms with Gasteiger partial charge >= 0.3 is 0 Å². The lowest BCUT2D eigenvalue weighted by molar-refractivity contribution is -0.118. The second-order valence-corrected chi connectivity index (χ2v) is 2.91. The van der Waals surface area contributed by atoms with Gasteiger partial charge in [0.2, 0.25) is 5.91 Å². The molecule has 1 aliphatic rings. The lowest BCUT2D eigenvalue weighted by Crippen LogP contribution is -2.01. The van der Waals surface area contributed by atoms with E-state index in [1.165, 1.54) is 25.7 Å². The van der Waals surface area contributed by atoms with Gasteiger partial charge < -0.3 is 0 Å². The van der Waals surface area contributed by atoms with Crippen LogP contribution in [0.4, 0.5) is 0 Å². The molecule has 0 unspecified atom stereocenters. The molecule has 0 heterocycles. The summed E-state index contributed by atoms with van der Waals surface area (Å²) in [4.78, 5) is 14.1. The van der Waals surface area contributed by atoms with Crippen LogP contribution in [0.15, 0.2) is 4.99 Å². The molecule has 0 aromatic carbocycles. The van der Waals surface area contributed by atoms with Gasteiger partial charge in [-0.2, -0.15) is 0 Å². The molecule has 0 aromatic rings. The van der Waals surface area contributed by atoms with Crippen LogP contribution in [-0.4, -0.2) is 12.6 Å². The van der Waals surface area contributed by atoms with Gasteiger partial charge in [-0.25, -0.2) is 4.99 Å². The fourth-order valence-electron chi connectivity index (χ4n) is 1.53. The first kappa shape index (κ1) is 7.45. The van der Waals surface area contributed by atoms with Crippen molar-refractivity contribution in [3.63, 3.8) is 0 Å². The highest BCUT2D eigenvalue weighted by atomic mass is 16.1. The predicted molar refractivity (Wildman–Crippen MR) is 41.1 cm³/mol. The van der Waals surface area contributed by atoms with E-state index < -0.39 is 0 Å². The van der Waals surface area contributed by atoms with Crippen molar-refractivity contribution in [2.45, 2.75) is 32.1 Å². The van der Waals surface area contributed by atoms with Gasteiger partial charge in [0, 0.05) is 6.42 Å². The Labute approximate surface area is 61.3 Å². The number of aliphatic imine (C=N–C) groups is 1. The molecular formula is C8H13NO. The summed E-state index contributed by atoms with van der Waals surface area (Å²) < 4.78 is 0. The van der Waals surface area contributed by atoms with Gasteiger partial charge in [0.05, 0.1) is 0 Å². The second kappa shape index (κ2) is 3.49. The number of hydrogen-bond acceptors (Lipinski definition) is 1. The van der Waals surface area contributed by atoms with E-state index in [0.717, 1.165) is 0 Å². The van der Waals surface area contributed by atoms with E-state index in [4.69, 9.17) is 0 Å². The van der Waals surface area contributed by atoms with Crippen LogP contribution in [0.3, 0.4) is 0 Å². The third-order valence-electron chi connectivity index (χ3n) is 2.11. The SMILES string of the molecule is C=NC(=O)CC1CCCC1. The molecule has 10 heavy (non-hydrogen) atoms. The minimum atomic E-state index is -0.0353. The maximum atomic E-state index is 10.7. The summed E-state index contributed by atoms with van der Waals surface area (Å²) in [6, 6.07) is 0. The highest BCUT2D eigenvalue weighted by Crippen LogP contribution is 2.27. The standard InChI is InChI=1S/C8H13NO/c1-9-8(10)6-7-4-2-3-5-7/h7H,1-6H2. The lowest BCUT2D eigenvalue weighted by atomic mass is 10.0. The normalized spacial score (nSPS) is 19.2. The first-order valence-corrected chi connectivity index (χ1v) is 3.82. The number of carbonyl (C=O) groups excluding carboxylic acids is 1. The van der Waals surface area contributed by atoms with Crippen molar-refractivity contribution in [1.29, 1.82) is 0 Å². The zero-order valence-corrected chi connectivity index (χ0v) is 6.18. The second-order valence-electron chi connectivity index (χ2n) is 2.91. The van der Waals surface area contributed by atoms with Crippen LogP contribution in [0.5, 0.6) is 0 Å². The molecule has 1 fully saturated rings. The van der Waals surface area contributed by atoms with Gasteiger partial charge in [-0.3, -0.25) is 4.79 Å². The minimum Gasteiger partial charge on any atom is -0.273 e. The molecule has 0 saturated heterocycles. The maximum Gasteiger partial charge on any atom is 0.245 e. The lowest BCUT2D eigenvalue weighted by Gasteiger charge is -2.02. The van der Waals surface area contributed by atoms with Crippen LogP contribution < -0.4 is 0 Å². The summed E-state index contributed by atoms with van der Waals surface area (Å²) in [6.45, 7) is 3.20. The van der Waals surface area contributed by atoms with Gasteiger partial charge in [0.15, 0.2) is 0 Å². The topological polar surface area (TPSA) is 29.4 Å². The summed E-state index contributed by atoms with van der Waals surface area (Å²) in [6.07, 6.45) is 5.62. The molecule has 0 radical (unpaired) electrons. The molecule has 1 saturated carbocycles. The first-order valence-electron chi connectivity index (χ1n) is 3.82. The van der Waals surface area contributed by atoms with Crippen molar-refractivity contribution in [1.82, 2.24) is 0 Å². The van der Waals surface area contributed by atoms with E-state index in [1.54, 1.807) is 0 Å². The number of carbonyl (C=O) groups is 1. The molecule has 56 valence electrons. The number of rotatable bonds is 2. The van der Waals surface area contributed by atoms with Gasteiger partial charge in [-0.15, -0.1) is 0 Å². The Morgan fingerprint density at radius 3 is 2.60 bits per heavy atom. The van der Waals surface area contributed by atoms with Gasteiger partial charge in [0.1, 0.15) is 0 Å². The molecule has 2 heteroatoms. The Hall–Kier alpha value is -0.660. The summed E-state index contributed by atoms with van der Waals surface area (Å²) >= 11 is 0. The number of hydrogen-bond donors (Lipinski definition) is 0. The van der Waals surface area contributed by atoms with Crippen molar-refractivity contribution in [2.24, 2.45) is 10.9 Å². The Balaban J connectivity index is 2.23. The van der Waals surface area contributed by atoms with Crippen molar-refractivity contribution >= 4 is 12.6 Å². The van der Waals surface area contributed by atoms with Crippen LogP contribution in [-0.2, 0) is 4.79 Å². The van der Waals surface area contributed by atoms with Crippen molar-refractivity contribution in [3.8, 4) is 0 Å². The van der Waals surface area contributed by atoms with Crippen LogP contribution in [0, 0.1) is 5.92 Å². The minimum absolute atomic E-state index is 0.0353. The van der Waals surface area contributed by atoms with Crippen LogP contribution in [0.1, 0.15) is 32.1 Å². The average molecular weight is 139 g/mol. The van der Waals surface area contributed by atoms with E-state index in [2.05, 4.69) is 11.7 Å². The fourth-order valence-corrected chi connectivity index (χ4v) is 1.53. The molecule has 1 amide bonds. The third kappa shape index (κ3) is 1.94. The highest BCUT2D eigenvalue weighted by Gasteiger charge is 2.17. The summed E-state index contributed by atoms with van der Waals surface area (Å²) in [5, 5.41) is 0. The Morgan fingerprint density at radius 1 is 1.50 bits per heavy atom. The van der Waals surface area contributed by atoms with E-state index in [0.29, 0.717) is 12.3 Å². The van der Waals surface area contributed by atoms with Crippen molar-refractivity contribution in [2.75, 3.05) is 0 Å². The molecule has 1 aliphatic carbocycles. The largest absolute Gasteiger partial charge is 0.273 e. The molecule has 0 atom stereocenters. The van der Waals surface area contributed by atoms with Crippen LogP contribution in [0.25, 0.3) is 0 Å². The summed E-state index contributed by atoms with van der Waals surface area (Å²) in [5.41, 5.74) is 0. The Bertz CT molecular complexity index is 136. The van der Waals surface area contributed by atoms with E-state index >= 15 is 0 Å². The highest BCUT2D eigenvalue weighted by molar-refractivity contribution is 5.80. The zero-order chi connectivity index (χ0) is 7.40. The smallest absolute Gasteiger partial charge is 0.245 e. The summed E-state index contributed by atoms with van der Waals surface area (Å²) in [7, 11) is 0. The monoisotopic (exact) mass is 139 g/mol. The average Bonchev–Trinajstić information content (AvgIpc) is 2.40. The van der Waals surface area contributed by atoms with Gasteiger partial charge in [-0.05, 0) is 25.5 Å². The maximum absolute atomic E-state index is 10.7. The predicted octanol–water partition coefficient (Wildman–Crippen LogP) is 1.79. The molecule has 2 nitrogen and oxygen atoms in total. The number of amides is 1.